The van der Waals surface area contributed by atoms with Gasteiger partial charge in [0.05, 0.1) is 6.20 Å². The summed E-state index contributed by atoms with van der Waals surface area (Å²) in [6.07, 6.45) is 2.41. The molecule has 0 fully saturated rings. The second kappa shape index (κ2) is 5.69. The van der Waals surface area contributed by atoms with E-state index in [2.05, 4.69) is 18.1 Å². The van der Waals surface area contributed by atoms with Crippen molar-refractivity contribution in [2.75, 3.05) is 0 Å². The molecule has 0 bridgehead atoms. The number of rotatable bonds is 5. The average Bonchev–Trinajstić information content (AvgIpc) is 2.80. The van der Waals surface area contributed by atoms with Crippen LogP contribution in [0.4, 0.5) is 0 Å². The van der Waals surface area contributed by atoms with Crippen LogP contribution in [0, 0.1) is 6.92 Å². The van der Waals surface area contributed by atoms with Crippen molar-refractivity contribution >= 4 is 0 Å². The summed E-state index contributed by atoms with van der Waals surface area (Å²) in [5, 5.41) is 3.64. The van der Waals surface area contributed by atoms with Crippen molar-refractivity contribution in [1.82, 2.24) is 5.16 Å². The van der Waals surface area contributed by atoms with Gasteiger partial charge in [0.1, 0.15) is 12.4 Å². The largest absolute Gasteiger partial charge is 0.485 e. The maximum atomic E-state index is 5.85. The average molecular weight is 246 g/mol. The highest BCUT2D eigenvalue weighted by molar-refractivity contribution is 5.37. The van der Waals surface area contributed by atoms with Gasteiger partial charge in [-0.3, -0.25) is 0 Å². The molecule has 0 aliphatic rings. The summed E-state index contributed by atoms with van der Waals surface area (Å²) in [4.78, 5) is 0. The molecule has 4 nitrogen and oxygen atoms in total. The molecule has 1 atom stereocenters. The van der Waals surface area contributed by atoms with E-state index in [0.717, 1.165) is 17.7 Å². The molecule has 1 aromatic heterocycles. The van der Waals surface area contributed by atoms with Crippen LogP contribution in [0.5, 0.6) is 5.75 Å². The number of benzene rings is 1. The van der Waals surface area contributed by atoms with Crippen molar-refractivity contribution in [1.29, 1.82) is 0 Å². The fourth-order valence-electron chi connectivity index (χ4n) is 1.82. The van der Waals surface area contributed by atoms with Crippen molar-refractivity contribution in [2.24, 2.45) is 5.73 Å². The molecule has 0 radical (unpaired) electrons. The van der Waals surface area contributed by atoms with Crippen molar-refractivity contribution in [2.45, 2.75) is 32.9 Å². The SMILES string of the molecule is Cc1ccc(OCc2ccno2)c(CC(C)N)c1. The first-order valence-corrected chi connectivity index (χ1v) is 6.02. The molecule has 0 aliphatic heterocycles. The van der Waals surface area contributed by atoms with Gasteiger partial charge in [-0.25, -0.2) is 0 Å². The zero-order valence-corrected chi connectivity index (χ0v) is 10.7. The normalized spacial score (nSPS) is 12.4. The Hall–Kier alpha value is -1.81. The molecule has 0 spiro atoms. The van der Waals surface area contributed by atoms with Gasteiger partial charge < -0.3 is 15.0 Å². The lowest BCUT2D eigenvalue weighted by atomic mass is 10.0. The lowest BCUT2D eigenvalue weighted by molar-refractivity contribution is 0.247. The van der Waals surface area contributed by atoms with Crippen LogP contribution in [0.3, 0.4) is 0 Å². The van der Waals surface area contributed by atoms with Crippen LogP contribution in [-0.2, 0) is 13.0 Å². The quantitative estimate of drug-likeness (QED) is 0.880. The zero-order chi connectivity index (χ0) is 13.0. The van der Waals surface area contributed by atoms with Crippen molar-refractivity contribution in [3.05, 3.63) is 47.3 Å². The molecule has 2 rings (SSSR count). The first-order chi connectivity index (χ1) is 8.65. The van der Waals surface area contributed by atoms with Gasteiger partial charge in [0.15, 0.2) is 5.76 Å². The van der Waals surface area contributed by atoms with E-state index in [4.69, 9.17) is 15.0 Å². The number of aryl methyl sites for hydroxylation is 1. The van der Waals surface area contributed by atoms with Crippen molar-refractivity contribution in [3.63, 3.8) is 0 Å². The van der Waals surface area contributed by atoms with Crippen LogP contribution in [0.15, 0.2) is 35.0 Å². The fraction of sp³-hybridized carbons (Fsp3) is 0.357. The van der Waals surface area contributed by atoms with Crippen molar-refractivity contribution in [3.8, 4) is 5.75 Å². The summed E-state index contributed by atoms with van der Waals surface area (Å²) in [6.45, 7) is 4.43. The molecule has 0 amide bonds. The van der Waals surface area contributed by atoms with E-state index in [1.165, 1.54) is 5.56 Å². The van der Waals surface area contributed by atoms with Crippen LogP contribution in [0.1, 0.15) is 23.8 Å². The molecule has 1 unspecified atom stereocenters. The molecule has 96 valence electrons. The Morgan fingerprint density at radius 2 is 2.22 bits per heavy atom. The monoisotopic (exact) mass is 246 g/mol. The van der Waals surface area contributed by atoms with Crippen LogP contribution < -0.4 is 10.5 Å². The van der Waals surface area contributed by atoms with Crippen LogP contribution in [-0.4, -0.2) is 11.2 Å². The molecule has 18 heavy (non-hydrogen) atoms. The Balaban J connectivity index is 2.10. The topological polar surface area (TPSA) is 61.3 Å². The third-order valence-electron chi connectivity index (χ3n) is 2.62. The second-order valence-corrected chi connectivity index (χ2v) is 4.56. The number of ether oxygens (including phenoxy) is 1. The third-order valence-corrected chi connectivity index (χ3v) is 2.62. The van der Waals surface area contributed by atoms with Gasteiger partial charge in [-0.1, -0.05) is 22.9 Å². The van der Waals surface area contributed by atoms with E-state index in [-0.39, 0.29) is 6.04 Å². The molecule has 0 saturated carbocycles. The maximum Gasteiger partial charge on any atom is 0.174 e. The van der Waals surface area contributed by atoms with Gasteiger partial charge in [0.2, 0.25) is 0 Å². The maximum absolute atomic E-state index is 5.85. The summed E-state index contributed by atoms with van der Waals surface area (Å²) in [7, 11) is 0. The van der Waals surface area contributed by atoms with E-state index >= 15 is 0 Å². The Labute approximate surface area is 107 Å². The highest BCUT2D eigenvalue weighted by atomic mass is 16.5. The third kappa shape index (κ3) is 3.34. The first kappa shape index (κ1) is 12.6. The Kier molecular flexibility index (Phi) is 3.99. The molecule has 1 heterocycles. The smallest absolute Gasteiger partial charge is 0.174 e. The molecular weight excluding hydrogens is 228 g/mol. The van der Waals surface area contributed by atoms with Gasteiger partial charge in [0.25, 0.3) is 0 Å². The predicted molar refractivity (Wildman–Crippen MR) is 69.4 cm³/mol. The van der Waals surface area contributed by atoms with Crippen molar-refractivity contribution < 1.29 is 9.26 Å². The molecule has 4 heteroatoms. The summed E-state index contributed by atoms with van der Waals surface area (Å²) >= 11 is 0. The second-order valence-electron chi connectivity index (χ2n) is 4.56. The summed E-state index contributed by atoms with van der Waals surface area (Å²) in [5.74, 6) is 1.57. The molecule has 0 saturated heterocycles. The summed E-state index contributed by atoms with van der Waals surface area (Å²) in [5.41, 5.74) is 8.19. The number of hydrogen-bond acceptors (Lipinski definition) is 4. The Bertz CT molecular complexity index is 493. The van der Waals surface area contributed by atoms with Crippen LogP contribution in [0.2, 0.25) is 0 Å². The minimum absolute atomic E-state index is 0.111. The summed E-state index contributed by atoms with van der Waals surface area (Å²) < 4.78 is 10.7. The standard InChI is InChI=1S/C14H18N2O2/c1-10-3-4-14(12(7-10)8-11(2)15)17-9-13-5-6-16-18-13/h3-7,11H,8-9,15H2,1-2H3. The molecule has 2 N–H and O–H groups in total. The number of nitrogens with two attached hydrogens (primary N) is 1. The van der Waals surface area contributed by atoms with Crippen LogP contribution >= 0.6 is 0 Å². The minimum atomic E-state index is 0.111. The minimum Gasteiger partial charge on any atom is -0.485 e. The van der Waals surface area contributed by atoms with Gasteiger partial charge in [0, 0.05) is 12.1 Å². The van der Waals surface area contributed by atoms with Crippen LogP contribution in [0.25, 0.3) is 0 Å². The molecule has 2 aromatic rings. The zero-order valence-electron chi connectivity index (χ0n) is 10.7. The fourth-order valence-corrected chi connectivity index (χ4v) is 1.82. The number of hydrogen-bond donors (Lipinski definition) is 1. The Morgan fingerprint density at radius 1 is 1.39 bits per heavy atom. The first-order valence-electron chi connectivity index (χ1n) is 6.02. The highest BCUT2D eigenvalue weighted by Gasteiger charge is 2.08. The van der Waals surface area contributed by atoms with E-state index in [1.807, 2.05) is 19.1 Å². The number of aromatic nitrogens is 1. The van der Waals surface area contributed by atoms with E-state index in [9.17, 15) is 0 Å². The van der Waals surface area contributed by atoms with E-state index in [0.29, 0.717) is 12.4 Å². The van der Waals surface area contributed by atoms with Gasteiger partial charge in [-0.05, 0) is 31.9 Å². The van der Waals surface area contributed by atoms with Gasteiger partial charge >= 0.3 is 0 Å². The summed E-state index contributed by atoms with van der Waals surface area (Å²) in [6, 6.07) is 8.02. The lowest BCUT2D eigenvalue weighted by Crippen LogP contribution is -2.18. The lowest BCUT2D eigenvalue weighted by Gasteiger charge is -2.13. The Morgan fingerprint density at radius 3 is 2.89 bits per heavy atom. The molecular formula is C14H18N2O2. The van der Waals surface area contributed by atoms with Gasteiger partial charge in [-0.2, -0.15) is 0 Å². The predicted octanol–water partition coefficient (Wildman–Crippen LogP) is 2.45. The molecule has 0 aliphatic carbocycles. The number of nitrogens with zero attached hydrogens (tertiary/aromatic N) is 1. The van der Waals surface area contributed by atoms with E-state index < -0.39 is 0 Å². The van der Waals surface area contributed by atoms with E-state index in [1.54, 1.807) is 12.3 Å². The van der Waals surface area contributed by atoms with Gasteiger partial charge in [-0.15, -0.1) is 0 Å². The highest BCUT2D eigenvalue weighted by Crippen LogP contribution is 2.22. The molecule has 1 aromatic carbocycles.